The van der Waals surface area contributed by atoms with Gasteiger partial charge in [-0.3, -0.25) is 3.11 Å². The maximum Gasteiger partial charge on any atom is 0.171 e. The van der Waals surface area contributed by atoms with E-state index in [2.05, 4.69) is 28.9 Å². The van der Waals surface area contributed by atoms with Crippen LogP contribution in [0.1, 0.15) is 5.56 Å². The van der Waals surface area contributed by atoms with Gasteiger partial charge in [-0.15, -0.1) is 0 Å². The van der Waals surface area contributed by atoms with Crippen molar-refractivity contribution >= 4 is 56.2 Å². The molecule has 0 aliphatic carbocycles. The van der Waals surface area contributed by atoms with Crippen LogP contribution in [0.2, 0.25) is 0 Å². The van der Waals surface area contributed by atoms with E-state index in [-0.39, 0.29) is 11.4 Å². The highest BCUT2D eigenvalue weighted by atomic mass is 127. The molecule has 1 heterocycles. The molecule has 0 saturated carbocycles. The average Bonchev–Trinajstić information content (AvgIpc) is 3.01. The van der Waals surface area contributed by atoms with Crippen LogP contribution in [0.5, 0.6) is 0 Å². The van der Waals surface area contributed by atoms with Crippen LogP contribution in [-0.2, 0) is 0 Å². The SMILES string of the molecule is N#Cc1ccccc1N(I)c1cccc2c1oc1c(F)cccc12. The fraction of sp³-hybridized carbons (Fsp3) is 0. The van der Waals surface area contributed by atoms with Gasteiger partial charge in [-0.05, 0) is 24.3 Å². The molecule has 0 amide bonds. The van der Waals surface area contributed by atoms with Crippen molar-refractivity contribution in [2.24, 2.45) is 0 Å². The molecule has 1 aromatic heterocycles. The van der Waals surface area contributed by atoms with Crippen molar-refractivity contribution in [3.05, 3.63) is 72.0 Å². The highest BCUT2D eigenvalue weighted by molar-refractivity contribution is 14.1. The van der Waals surface area contributed by atoms with Crippen molar-refractivity contribution in [1.29, 1.82) is 5.26 Å². The zero-order valence-corrected chi connectivity index (χ0v) is 14.5. The molecule has 3 aromatic carbocycles. The number of halogens is 2. The summed E-state index contributed by atoms with van der Waals surface area (Å²) in [7, 11) is 0. The second-order valence-corrected chi connectivity index (χ2v) is 6.25. The number of rotatable bonds is 2. The highest BCUT2D eigenvalue weighted by Gasteiger charge is 2.18. The van der Waals surface area contributed by atoms with E-state index >= 15 is 0 Å². The van der Waals surface area contributed by atoms with E-state index in [1.807, 2.05) is 45.6 Å². The first-order valence-electron chi connectivity index (χ1n) is 7.25. The largest absolute Gasteiger partial charge is 0.451 e. The Balaban J connectivity index is 1.99. The Morgan fingerprint density at radius 3 is 2.33 bits per heavy atom. The van der Waals surface area contributed by atoms with Gasteiger partial charge in [0.25, 0.3) is 0 Å². The van der Waals surface area contributed by atoms with Crippen molar-refractivity contribution in [3.63, 3.8) is 0 Å². The minimum Gasteiger partial charge on any atom is -0.451 e. The van der Waals surface area contributed by atoms with Crippen molar-refractivity contribution < 1.29 is 8.81 Å². The smallest absolute Gasteiger partial charge is 0.171 e. The van der Waals surface area contributed by atoms with Crippen LogP contribution in [0.4, 0.5) is 15.8 Å². The van der Waals surface area contributed by atoms with Crippen LogP contribution in [0, 0.1) is 17.1 Å². The third kappa shape index (κ3) is 2.22. The number of para-hydroxylation sites is 3. The maximum atomic E-state index is 14.0. The summed E-state index contributed by atoms with van der Waals surface area (Å²) in [4.78, 5) is 0. The van der Waals surface area contributed by atoms with E-state index in [0.717, 1.165) is 22.1 Å². The van der Waals surface area contributed by atoms with Crippen molar-refractivity contribution in [2.75, 3.05) is 3.11 Å². The second kappa shape index (κ2) is 5.80. The van der Waals surface area contributed by atoms with Gasteiger partial charge in [0.05, 0.1) is 39.8 Å². The lowest BCUT2D eigenvalue weighted by Gasteiger charge is -2.18. The standard InChI is InChI=1S/C19H10FIN2O/c20-15-8-3-6-13-14-7-4-10-17(19(14)24-18(13)15)23(21)16-9-2-1-5-12(16)11-22/h1-10H. The average molecular weight is 428 g/mol. The Kier molecular flexibility index (Phi) is 3.62. The summed E-state index contributed by atoms with van der Waals surface area (Å²) in [6.07, 6.45) is 0. The zero-order chi connectivity index (χ0) is 16.7. The third-order valence-electron chi connectivity index (χ3n) is 3.90. The van der Waals surface area contributed by atoms with Crippen LogP contribution >= 0.6 is 22.9 Å². The van der Waals surface area contributed by atoms with Crippen molar-refractivity contribution in [1.82, 2.24) is 0 Å². The molecule has 5 heteroatoms. The first kappa shape index (κ1) is 15.0. The number of furan rings is 1. The topological polar surface area (TPSA) is 40.2 Å². The Labute approximate surface area is 151 Å². The predicted molar refractivity (Wildman–Crippen MR) is 101 cm³/mol. The number of fused-ring (bicyclic) bond motifs is 3. The number of nitriles is 1. The lowest BCUT2D eigenvalue weighted by molar-refractivity contribution is 0.584. The van der Waals surface area contributed by atoms with E-state index in [1.165, 1.54) is 6.07 Å². The lowest BCUT2D eigenvalue weighted by Crippen LogP contribution is -2.03. The van der Waals surface area contributed by atoms with E-state index in [4.69, 9.17) is 4.42 Å². The van der Waals surface area contributed by atoms with Gasteiger partial charge in [0.2, 0.25) is 0 Å². The molecule has 0 aliphatic rings. The molecule has 0 atom stereocenters. The Morgan fingerprint density at radius 1 is 0.875 bits per heavy atom. The molecule has 4 aromatic rings. The summed E-state index contributed by atoms with van der Waals surface area (Å²) >= 11 is 2.13. The van der Waals surface area contributed by atoms with Gasteiger partial charge < -0.3 is 4.42 Å². The van der Waals surface area contributed by atoms with Gasteiger partial charge in [0, 0.05) is 10.8 Å². The summed E-state index contributed by atoms with van der Waals surface area (Å²) in [5.74, 6) is -0.382. The van der Waals surface area contributed by atoms with Crippen LogP contribution in [0.3, 0.4) is 0 Å². The van der Waals surface area contributed by atoms with Crippen LogP contribution < -0.4 is 3.11 Å². The summed E-state index contributed by atoms with van der Waals surface area (Å²) in [6, 6.07) is 20.1. The Bertz CT molecular complexity index is 1110. The number of anilines is 2. The molecule has 0 spiro atoms. The van der Waals surface area contributed by atoms with Crippen LogP contribution in [-0.4, -0.2) is 0 Å². The Hall–Kier alpha value is -2.59. The lowest BCUT2D eigenvalue weighted by atomic mass is 10.1. The molecular formula is C19H10FIN2O. The van der Waals surface area contributed by atoms with Crippen molar-refractivity contribution in [3.8, 4) is 6.07 Å². The molecule has 0 bridgehead atoms. The molecule has 0 fully saturated rings. The van der Waals surface area contributed by atoms with Gasteiger partial charge in [0.15, 0.2) is 17.0 Å². The molecule has 0 unspecified atom stereocenters. The monoisotopic (exact) mass is 428 g/mol. The van der Waals surface area contributed by atoms with Crippen LogP contribution in [0.25, 0.3) is 21.9 Å². The highest BCUT2D eigenvalue weighted by Crippen LogP contribution is 2.40. The van der Waals surface area contributed by atoms with E-state index in [9.17, 15) is 9.65 Å². The molecule has 24 heavy (non-hydrogen) atoms. The molecule has 4 rings (SSSR count). The van der Waals surface area contributed by atoms with Gasteiger partial charge in [-0.1, -0.05) is 36.4 Å². The van der Waals surface area contributed by atoms with Gasteiger partial charge in [-0.2, -0.15) is 5.26 Å². The number of hydrogen-bond donors (Lipinski definition) is 0. The normalized spacial score (nSPS) is 10.9. The first-order chi connectivity index (χ1) is 11.7. The summed E-state index contributed by atoms with van der Waals surface area (Å²) in [6.45, 7) is 0. The fourth-order valence-corrected chi connectivity index (χ4v) is 3.60. The number of hydrogen-bond acceptors (Lipinski definition) is 3. The number of benzene rings is 3. The molecular weight excluding hydrogens is 418 g/mol. The maximum absolute atomic E-state index is 14.0. The van der Waals surface area contributed by atoms with Gasteiger partial charge in [-0.25, -0.2) is 4.39 Å². The zero-order valence-electron chi connectivity index (χ0n) is 12.3. The van der Waals surface area contributed by atoms with E-state index in [0.29, 0.717) is 11.1 Å². The van der Waals surface area contributed by atoms with E-state index < -0.39 is 0 Å². The van der Waals surface area contributed by atoms with Gasteiger partial charge >= 0.3 is 0 Å². The molecule has 0 radical (unpaired) electrons. The van der Waals surface area contributed by atoms with Crippen LogP contribution in [0.15, 0.2) is 65.1 Å². The number of nitrogens with zero attached hydrogens (tertiary/aromatic N) is 2. The van der Waals surface area contributed by atoms with Gasteiger partial charge in [0.1, 0.15) is 6.07 Å². The second-order valence-electron chi connectivity index (χ2n) is 5.28. The molecule has 0 saturated heterocycles. The predicted octanol–water partition coefficient (Wildman–Crippen LogP) is 6.08. The summed E-state index contributed by atoms with van der Waals surface area (Å²) < 4.78 is 21.7. The van der Waals surface area contributed by atoms with Crippen molar-refractivity contribution in [2.45, 2.75) is 0 Å². The third-order valence-corrected chi connectivity index (χ3v) is 4.94. The Morgan fingerprint density at radius 2 is 1.54 bits per heavy atom. The molecule has 0 N–H and O–H groups in total. The molecule has 3 nitrogen and oxygen atoms in total. The molecule has 0 aliphatic heterocycles. The quantitative estimate of drug-likeness (QED) is 0.287. The first-order valence-corrected chi connectivity index (χ1v) is 8.22. The summed E-state index contributed by atoms with van der Waals surface area (Å²) in [5, 5.41) is 10.9. The molecule has 116 valence electrons. The minimum atomic E-state index is -0.382. The minimum absolute atomic E-state index is 0.248. The van der Waals surface area contributed by atoms with E-state index in [1.54, 1.807) is 12.1 Å². The summed E-state index contributed by atoms with van der Waals surface area (Å²) in [5.41, 5.74) is 2.93. The fourth-order valence-electron chi connectivity index (χ4n) is 2.79.